The number of hydrogen-bond donors (Lipinski definition) is 1. The van der Waals surface area contributed by atoms with Crippen LogP contribution in [0.1, 0.15) is 6.42 Å². The quantitative estimate of drug-likeness (QED) is 0.891. The zero-order chi connectivity index (χ0) is 12.1. The third-order valence-electron chi connectivity index (χ3n) is 3.00. The minimum Gasteiger partial charge on any atom is -0.497 e. The predicted molar refractivity (Wildman–Crippen MR) is 70.9 cm³/mol. The smallest absolute Gasteiger partial charge is 0.119 e. The fourth-order valence-corrected chi connectivity index (χ4v) is 3.30. The van der Waals surface area contributed by atoms with Gasteiger partial charge in [0.25, 0.3) is 0 Å². The van der Waals surface area contributed by atoms with Crippen molar-refractivity contribution in [3.63, 3.8) is 0 Å². The van der Waals surface area contributed by atoms with Gasteiger partial charge in [-0.2, -0.15) is 0 Å². The molecule has 2 rings (SSSR count). The summed E-state index contributed by atoms with van der Waals surface area (Å²) in [6, 6.07) is 8.72. The highest BCUT2D eigenvalue weighted by atomic mass is 32.2. The van der Waals surface area contributed by atoms with Gasteiger partial charge in [0.1, 0.15) is 5.75 Å². The van der Waals surface area contributed by atoms with E-state index < -0.39 is 0 Å². The summed E-state index contributed by atoms with van der Waals surface area (Å²) < 4.78 is 10.8. The molecule has 1 aliphatic heterocycles. The number of thioether (sulfide) groups is 1. The molecule has 0 spiro atoms. The first-order chi connectivity index (χ1) is 8.33. The molecule has 0 amide bonds. The largest absolute Gasteiger partial charge is 0.497 e. The van der Waals surface area contributed by atoms with Crippen molar-refractivity contribution >= 4 is 11.8 Å². The summed E-state index contributed by atoms with van der Waals surface area (Å²) >= 11 is 1.86. The molecule has 0 aromatic heterocycles. The van der Waals surface area contributed by atoms with Gasteiger partial charge in [0, 0.05) is 22.8 Å². The van der Waals surface area contributed by atoms with Crippen LogP contribution in [0, 0.1) is 0 Å². The molecule has 3 nitrogen and oxygen atoms in total. The fraction of sp³-hybridized carbons (Fsp3) is 0.538. The van der Waals surface area contributed by atoms with Gasteiger partial charge in [-0.15, -0.1) is 11.8 Å². The maximum absolute atomic E-state index is 5.55. The topological polar surface area (TPSA) is 30.5 Å². The summed E-state index contributed by atoms with van der Waals surface area (Å²) in [5, 5.41) is 3.84. The van der Waals surface area contributed by atoms with E-state index in [1.54, 1.807) is 7.11 Å². The molecule has 17 heavy (non-hydrogen) atoms. The molecule has 1 saturated heterocycles. The second kappa shape index (κ2) is 6.28. The highest BCUT2D eigenvalue weighted by molar-refractivity contribution is 8.00. The van der Waals surface area contributed by atoms with Gasteiger partial charge in [-0.25, -0.2) is 0 Å². The van der Waals surface area contributed by atoms with Crippen molar-refractivity contribution in [1.29, 1.82) is 0 Å². The number of rotatable bonds is 4. The van der Waals surface area contributed by atoms with E-state index in [1.807, 2.05) is 30.9 Å². The summed E-state index contributed by atoms with van der Waals surface area (Å²) in [6.45, 7) is 1.67. The normalized spacial score (nSPS) is 24.6. The minimum atomic E-state index is 0.473. The molecular formula is C13H19NO2S. The third-order valence-corrected chi connectivity index (χ3v) is 4.30. The molecule has 0 radical (unpaired) electrons. The van der Waals surface area contributed by atoms with Gasteiger partial charge in [0.15, 0.2) is 0 Å². The van der Waals surface area contributed by atoms with Crippen molar-refractivity contribution in [1.82, 2.24) is 5.32 Å². The molecule has 1 aliphatic rings. The number of methoxy groups -OCH3 is 1. The first kappa shape index (κ1) is 12.7. The summed E-state index contributed by atoms with van der Waals surface area (Å²) in [4.78, 5) is 1.24. The first-order valence-electron chi connectivity index (χ1n) is 5.89. The number of benzene rings is 1. The zero-order valence-corrected chi connectivity index (χ0v) is 11.1. The average Bonchev–Trinajstić information content (AvgIpc) is 2.39. The van der Waals surface area contributed by atoms with Gasteiger partial charge in [0.05, 0.1) is 13.7 Å². The highest BCUT2D eigenvalue weighted by Gasteiger charge is 2.25. The summed E-state index contributed by atoms with van der Waals surface area (Å²) in [5.74, 6) is 0.910. The van der Waals surface area contributed by atoms with Crippen molar-refractivity contribution in [3.05, 3.63) is 24.3 Å². The number of hydrogen-bond acceptors (Lipinski definition) is 4. The Hall–Kier alpha value is -0.710. The fourth-order valence-electron chi connectivity index (χ4n) is 2.01. The van der Waals surface area contributed by atoms with Crippen LogP contribution in [0.5, 0.6) is 5.75 Å². The third kappa shape index (κ3) is 3.37. The van der Waals surface area contributed by atoms with Crippen LogP contribution >= 0.6 is 11.8 Å². The van der Waals surface area contributed by atoms with Crippen LogP contribution in [0.2, 0.25) is 0 Å². The van der Waals surface area contributed by atoms with E-state index >= 15 is 0 Å². The van der Waals surface area contributed by atoms with Gasteiger partial charge in [-0.05, 0) is 31.7 Å². The summed E-state index contributed by atoms with van der Waals surface area (Å²) in [5.41, 5.74) is 0. The van der Waals surface area contributed by atoms with Crippen molar-refractivity contribution < 1.29 is 9.47 Å². The number of nitrogens with one attached hydrogen (secondary N) is 1. The molecule has 0 aliphatic carbocycles. The van der Waals surface area contributed by atoms with Crippen molar-refractivity contribution in [3.8, 4) is 5.75 Å². The highest BCUT2D eigenvalue weighted by Crippen LogP contribution is 2.30. The van der Waals surface area contributed by atoms with E-state index in [9.17, 15) is 0 Å². The molecule has 1 aromatic rings. The molecule has 1 fully saturated rings. The van der Waals surface area contributed by atoms with Gasteiger partial charge < -0.3 is 14.8 Å². The molecule has 4 heteroatoms. The Kier molecular flexibility index (Phi) is 4.71. The number of ether oxygens (including phenoxy) is 2. The molecular weight excluding hydrogens is 234 g/mol. The molecule has 2 atom stereocenters. The van der Waals surface area contributed by atoms with Gasteiger partial charge >= 0.3 is 0 Å². The average molecular weight is 253 g/mol. The maximum Gasteiger partial charge on any atom is 0.119 e. The van der Waals surface area contributed by atoms with E-state index in [-0.39, 0.29) is 0 Å². The second-order valence-corrected chi connectivity index (χ2v) is 5.41. The zero-order valence-electron chi connectivity index (χ0n) is 10.3. The Labute approximate surface area is 107 Å². The van der Waals surface area contributed by atoms with E-state index in [4.69, 9.17) is 9.47 Å². The van der Waals surface area contributed by atoms with Gasteiger partial charge in [0.2, 0.25) is 0 Å². The molecule has 0 bridgehead atoms. The minimum absolute atomic E-state index is 0.473. The van der Waals surface area contributed by atoms with Crippen molar-refractivity contribution in [2.24, 2.45) is 0 Å². The molecule has 1 aromatic carbocycles. The molecule has 1 heterocycles. The van der Waals surface area contributed by atoms with Gasteiger partial charge in [-0.3, -0.25) is 0 Å². The standard InChI is InChI=1S/C13H19NO2S/c1-14-12-6-7-16-9-13(12)17-11-5-3-4-10(8-11)15-2/h3-5,8,12-14H,6-7,9H2,1-2H3. The van der Waals surface area contributed by atoms with Crippen LogP contribution in [0.3, 0.4) is 0 Å². The van der Waals surface area contributed by atoms with Crippen molar-refractivity contribution in [2.75, 3.05) is 27.4 Å². The molecule has 0 saturated carbocycles. The van der Waals surface area contributed by atoms with E-state index in [1.165, 1.54) is 4.90 Å². The lowest BCUT2D eigenvalue weighted by molar-refractivity contribution is 0.0850. The Morgan fingerprint density at radius 3 is 3.12 bits per heavy atom. The molecule has 2 unspecified atom stereocenters. The lowest BCUT2D eigenvalue weighted by Crippen LogP contribution is -2.43. The lowest BCUT2D eigenvalue weighted by Gasteiger charge is -2.30. The Balaban J connectivity index is 2.02. The summed E-state index contributed by atoms with van der Waals surface area (Å²) in [6.07, 6.45) is 1.08. The lowest BCUT2D eigenvalue weighted by atomic mass is 10.1. The van der Waals surface area contributed by atoms with Crippen LogP contribution in [0.25, 0.3) is 0 Å². The maximum atomic E-state index is 5.55. The van der Waals surface area contributed by atoms with E-state index in [0.29, 0.717) is 11.3 Å². The SMILES string of the molecule is CNC1CCOCC1Sc1cccc(OC)c1. The monoisotopic (exact) mass is 253 g/mol. The Bertz CT molecular complexity index is 359. The molecule has 94 valence electrons. The van der Waals surface area contributed by atoms with Crippen LogP contribution < -0.4 is 10.1 Å². The van der Waals surface area contributed by atoms with Crippen LogP contribution in [-0.2, 0) is 4.74 Å². The predicted octanol–water partition coefficient (Wildman–Crippen LogP) is 2.16. The van der Waals surface area contributed by atoms with Crippen LogP contribution in [-0.4, -0.2) is 38.7 Å². The van der Waals surface area contributed by atoms with Crippen LogP contribution in [0.15, 0.2) is 29.2 Å². The van der Waals surface area contributed by atoms with Crippen LogP contribution in [0.4, 0.5) is 0 Å². The van der Waals surface area contributed by atoms with E-state index in [0.717, 1.165) is 25.4 Å². The Morgan fingerprint density at radius 1 is 1.47 bits per heavy atom. The summed E-state index contributed by atoms with van der Waals surface area (Å²) in [7, 11) is 3.72. The van der Waals surface area contributed by atoms with E-state index in [2.05, 4.69) is 17.4 Å². The van der Waals surface area contributed by atoms with Crippen molar-refractivity contribution in [2.45, 2.75) is 22.6 Å². The second-order valence-electron chi connectivity index (χ2n) is 4.09. The first-order valence-corrected chi connectivity index (χ1v) is 6.77. The molecule has 1 N–H and O–H groups in total. The Morgan fingerprint density at radius 2 is 2.35 bits per heavy atom. The van der Waals surface area contributed by atoms with Gasteiger partial charge in [-0.1, -0.05) is 6.07 Å².